The highest BCUT2D eigenvalue weighted by Crippen LogP contribution is 2.29. The molecule has 0 aromatic heterocycles. The van der Waals surface area contributed by atoms with Crippen molar-refractivity contribution in [1.29, 1.82) is 0 Å². The molecule has 4 aromatic carbocycles. The van der Waals surface area contributed by atoms with E-state index in [1.807, 2.05) is 91.0 Å². The third-order valence-electron chi connectivity index (χ3n) is 8.13. The predicted octanol–water partition coefficient (Wildman–Crippen LogP) is 5.69. The van der Waals surface area contributed by atoms with Gasteiger partial charge in [-0.3, -0.25) is 13.9 Å². The van der Waals surface area contributed by atoms with Crippen LogP contribution in [-0.4, -0.2) is 50.0 Å². The SMILES string of the molecule is CS(=O)(=O)N(CC(=O)N(Cc1ccccc1)C(Cc1ccccc1)C(=O)NC1CCCCC1)c1cccc2ccccc12. The maximum atomic E-state index is 14.4. The Bertz CT molecular complexity index is 1630. The second kappa shape index (κ2) is 13.9. The lowest BCUT2D eigenvalue weighted by molar-refractivity contribution is -0.140. The van der Waals surface area contributed by atoms with Crippen LogP contribution in [0.2, 0.25) is 0 Å². The molecule has 43 heavy (non-hydrogen) atoms. The fourth-order valence-electron chi connectivity index (χ4n) is 5.90. The summed E-state index contributed by atoms with van der Waals surface area (Å²) in [5.74, 6) is -0.655. The molecular weight excluding hydrogens is 558 g/mol. The summed E-state index contributed by atoms with van der Waals surface area (Å²) in [4.78, 5) is 30.0. The number of carbonyl (C=O) groups excluding carboxylic acids is 2. The van der Waals surface area contributed by atoms with Crippen molar-refractivity contribution < 1.29 is 18.0 Å². The van der Waals surface area contributed by atoms with Gasteiger partial charge in [0, 0.05) is 24.4 Å². The molecular formula is C35H39N3O4S. The predicted molar refractivity (Wildman–Crippen MR) is 172 cm³/mol. The number of hydrogen-bond acceptors (Lipinski definition) is 4. The summed E-state index contributed by atoms with van der Waals surface area (Å²) >= 11 is 0. The first-order valence-electron chi connectivity index (χ1n) is 14.9. The largest absolute Gasteiger partial charge is 0.352 e. The number of rotatable bonds is 11. The van der Waals surface area contributed by atoms with Crippen LogP contribution < -0.4 is 9.62 Å². The first kappa shape index (κ1) is 30.3. The molecule has 1 saturated carbocycles. The molecule has 8 heteroatoms. The zero-order valence-electron chi connectivity index (χ0n) is 24.6. The summed E-state index contributed by atoms with van der Waals surface area (Å²) in [6.07, 6.45) is 6.54. The summed E-state index contributed by atoms with van der Waals surface area (Å²) in [6, 6.07) is 31.3. The number of sulfonamides is 1. The van der Waals surface area contributed by atoms with Crippen molar-refractivity contribution in [3.8, 4) is 0 Å². The summed E-state index contributed by atoms with van der Waals surface area (Å²) in [6.45, 7) is -0.260. The zero-order valence-corrected chi connectivity index (χ0v) is 25.4. The van der Waals surface area contributed by atoms with Crippen LogP contribution in [0.25, 0.3) is 10.8 Å². The van der Waals surface area contributed by atoms with Gasteiger partial charge in [0.05, 0.1) is 11.9 Å². The lowest BCUT2D eigenvalue weighted by Crippen LogP contribution is -2.55. The second-order valence-corrected chi connectivity index (χ2v) is 13.2. The van der Waals surface area contributed by atoms with Crippen molar-refractivity contribution in [1.82, 2.24) is 10.2 Å². The van der Waals surface area contributed by atoms with Gasteiger partial charge in [0.1, 0.15) is 12.6 Å². The fraction of sp³-hybridized carbons (Fsp3) is 0.314. The molecule has 0 bridgehead atoms. The molecule has 224 valence electrons. The lowest BCUT2D eigenvalue weighted by atomic mass is 9.94. The molecule has 0 spiro atoms. The highest BCUT2D eigenvalue weighted by Gasteiger charge is 2.34. The van der Waals surface area contributed by atoms with Gasteiger partial charge in [-0.1, -0.05) is 116 Å². The molecule has 1 unspecified atom stereocenters. The third kappa shape index (κ3) is 7.82. The van der Waals surface area contributed by atoms with Crippen LogP contribution in [0.15, 0.2) is 103 Å². The lowest BCUT2D eigenvalue weighted by Gasteiger charge is -2.35. The van der Waals surface area contributed by atoms with Crippen LogP contribution in [0.1, 0.15) is 43.2 Å². The Balaban J connectivity index is 1.53. The van der Waals surface area contributed by atoms with Crippen molar-refractivity contribution in [3.63, 3.8) is 0 Å². The van der Waals surface area contributed by atoms with Crippen LogP contribution in [0.3, 0.4) is 0 Å². The van der Waals surface area contributed by atoms with E-state index in [4.69, 9.17) is 0 Å². The van der Waals surface area contributed by atoms with Gasteiger partial charge >= 0.3 is 0 Å². The number of carbonyl (C=O) groups is 2. The fourth-order valence-corrected chi connectivity index (χ4v) is 6.76. The van der Waals surface area contributed by atoms with Gasteiger partial charge < -0.3 is 10.2 Å². The van der Waals surface area contributed by atoms with E-state index in [2.05, 4.69) is 5.32 Å². The molecule has 4 aromatic rings. The van der Waals surface area contributed by atoms with Gasteiger partial charge in [-0.15, -0.1) is 0 Å². The van der Waals surface area contributed by atoms with Gasteiger partial charge in [0.15, 0.2) is 0 Å². The molecule has 0 radical (unpaired) electrons. The first-order chi connectivity index (χ1) is 20.8. The van der Waals surface area contributed by atoms with E-state index in [-0.39, 0.29) is 18.5 Å². The minimum absolute atomic E-state index is 0.0661. The van der Waals surface area contributed by atoms with E-state index in [1.54, 1.807) is 17.0 Å². The molecule has 0 heterocycles. The average molecular weight is 598 g/mol. The van der Waals surface area contributed by atoms with E-state index < -0.39 is 28.5 Å². The smallest absolute Gasteiger partial charge is 0.244 e. The molecule has 2 amide bonds. The van der Waals surface area contributed by atoms with Crippen molar-refractivity contribution in [2.75, 3.05) is 17.1 Å². The summed E-state index contributed by atoms with van der Waals surface area (Å²) in [7, 11) is -3.85. The van der Waals surface area contributed by atoms with Gasteiger partial charge in [-0.2, -0.15) is 0 Å². The van der Waals surface area contributed by atoms with Gasteiger partial charge in [0.2, 0.25) is 21.8 Å². The number of nitrogens with one attached hydrogen (secondary N) is 1. The first-order valence-corrected chi connectivity index (χ1v) is 16.8. The standard InChI is InChI=1S/C35H39N3O4S/c1-43(41,42)38(32-23-13-19-29-18-11-12-22-31(29)32)26-34(39)37(25-28-16-7-3-8-17-28)33(24-27-14-5-2-6-15-27)35(40)36-30-20-9-4-10-21-30/h2-3,5-8,11-19,22-23,30,33H,4,9-10,20-21,24-26H2,1H3,(H,36,40). The van der Waals surface area contributed by atoms with E-state index in [0.717, 1.165) is 64.6 Å². The third-order valence-corrected chi connectivity index (χ3v) is 9.26. The van der Waals surface area contributed by atoms with Crippen molar-refractivity contribution in [3.05, 3.63) is 114 Å². The number of anilines is 1. The van der Waals surface area contributed by atoms with E-state index in [9.17, 15) is 18.0 Å². The summed E-state index contributed by atoms with van der Waals surface area (Å²) in [5.41, 5.74) is 2.21. The molecule has 0 aliphatic heterocycles. The van der Waals surface area contributed by atoms with Gasteiger partial charge in [-0.25, -0.2) is 8.42 Å². The Hall–Kier alpha value is -4.17. The molecule has 1 aliphatic carbocycles. The molecule has 1 fully saturated rings. The Morgan fingerprint density at radius 1 is 0.791 bits per heavy atom. The molecule has 1 aliphatic rings. The number of hydrogen-bond donors (Lipinski definition) is 1. The number of benzene rings is 4. The Morgan fingerprint density at radius 3 is 2.07 bits per heavy atom. The van der Waals surface area contributed by atoms with Gasteiger partial charge in [-0.05, 0) is 35.4 Å². The maximum Gasteiger partial charge on any atom is 0.244 e. The number of amides is 2. The van der Waals surface area contributed by atoms with Crippen LogP contribution in [0.4, 0.5) is 5.69 Å². The van der Waals surface area contributed by atoms with Crippen LogP contribution in [-0.2, 0) is 32.6 Å². The van der Waals surface area contributed by atoms with Gasteiger partial charge in [0.25, 0.3) is 0 Å². The Morgan fingerprint density at radius 2 is 1.40 bits per heavy atom. The normalized spacial score (nSPS) is 14.6. The molecule has 1 atom stereocenters. The van der Waals surface area contributed by atoms with Crippen molar-refractivity contribution in [2.45, 2.75) is 57.2 Å². The quantitative estimate of drug-likeness (QED) is 0.241. The minimum atomic E-state index is -3.85. The van der Waals surface area contributed by atoms with E-state index >= 15 is 0 Å². The molecule has 5 rings (SSSR count). The van der Waals surface area contributed by atoms with E-state index in [0.29, 0.717) is 12.1 Å². The highest BCUT2D eigenvalue weighted by molar-refractivity contribution is 7.92. The second-order valence-electron chi connectivity index (χ2n) is 11.3. The van der Waals surface area contributed by atoms with Crippen LogP contribution in [0, 0.1) is 0 Å². The molecule has 7 nitrogen and oxygen atoms in total. The number of fused-ring (bicyclic) bond motifs is 1. The van der Waals surface area contributed by atoms with Crippen molar-refractivity contribution >= 4 is 38.3 Å². The maximum absolute atomic E-state index is 14.4. The highest BCUT2D eigenvalue weighted by atomic mass is 32.2. The number of nitrogens with zero attached hydrogens (tertiary/aromatic N) is 2. The van der Waals surface area contributed by atoms with Crippen LogP contribution in [0.5, 0.6) is 0 Å². The average Bonchev–Trinajstić information content (AvgIpc) is 3.02. The Kier molecular flexibility index (Phi) is 9.77. The summed E-state index contributed by atoms with van der Waals surface area (Å²) in [5, 5.41) is 4.84. The minimum Gasteiger partial charge on any atom is -0.352 e. The monoisotopic (exact) mass is 597 g/mol. The van der Waals surface area contributed by atoms with Crippen molar-refractivity contribution in [2.24, 2.45) is 0 Å². The topological polar surface area (TPSA) is 86.8 Å². The Labute approximate surface area is 254 Å². The summed E-state index contributed by atoms with van der Waals surface area (Å²) < 4.78 is 27.6. The van der Waals surface area contributed by atoms with E-state index in [1.165, 1.54) is 0 Å². The molecule has 1 N–H and O–H groups in total. The zero-order chi connectivity index (χ0) is 30.2. The molecule has 0 saturated heterocycles. The van der Waals surface area contributed by atoms with Crippen LogP contribution >= 0.6 is 0 Å².